The predicted molar refractivity (Wildman–Crippen MR) is 71.0 cm³/mol. The molecule has 2 N–H and O–H groups in total. The number of sulfonamides is 1. The zero-order valence-electron chi connectivity index (χ0n) is 10.4. The fourth-order valence-corrected chi connectivity index (χ4v) is 2.57. The van der Waals surface area contributed by atoms with Crippen molar-refractivity contribution in [3.8, 4) is 0 Å². The molecule has 0 saturated heterocycles. The molecule has 0 aliphatic rings. The van der Waals surface area contributed by atoms with Crippen LogP contribution < -0.4 is 10.0 Å². The minimum atomic E-state index is -4.02. The van der Waals surface area contributed by atoms with Gasteiger partial charge >= 0.3 is 0 Å². The molecule has 2 aromatic rings. The van der Waals surface area contributed by atoms with Gasteiger partial charge in [-0.3, -0.25) is 4.72 Å². The third-order valence-corrected chi connectivity index (χ3v) is 3.83. The van der Waals surface area contributed by atoms with Gasteiger partial charge in [0, 0.05) is 25.4 Å². The zero-order valence-corrected chi connectivity index (χ0v) is 11.2. The highest BCUT2D eigenvalue weighted by Gasteiger charge is 2.17. The first-order chi connectivity index (χ1) is 9.42. The SMILES string of the molecule is CNc1cc(S(=O)(=O)Nc2cc(F)ccc2F)ccn1. The number of nitrogens with zero attached hydrogens (tertiary/aromatic N) is 1. The lowest BCUT2D eigenvalue weighted by molar-refractivity contribution is 0.594. The van der Waals surface area contributed by atoms with Gasteiger partial charge in [-0.2, -0.15) is 0 Å². The van der Waals surface area contributed by atoms with Gasteiger partial charge in [0.2, 0.25) is 0 Å². The molecule has 106 valence electrons. The number of pyridine rings is 1. The summed E-state index contributed by atoms with van der Waals surface area (Å²) in [5.74, 6) is -1.26. The maximum atomic E-state index is 13.4. The Morgan fingerprint density at radius 3 is 2.60 bits per heavy atom. The van der Waals surface area contributed by atoms with Gasteiger partial charge in [-0.1, -0.05) is 0 Å². The van der Waals surface area contributed by atoms with Crippen molar-refractivity contribution in [1.82, 2.24) is 4.98 Å². The Labute approximate surface area is 114 Å². The molecule has 1 aromatic heterocycles. The van der Waals surface area contributed by atoms with E-state index < -0.39 is 27.3 Å². The van der Waals surface area contributed by atoms with Crippen LogP contribution in [-0.4, -0.2) is 20.4 Å². The Morgan fingerprint density at radius 1 is 1.15 bits per heavy atom. The van der Waals surface area contributed by atoms with Crippen molar-refractivity contribution in [2.45, 2.75) is 4.90 Å². The summed E-state index contributed by atoms with van der Waals surface area (Å²) in [6.45, 7) is 0. The van der Waals surface area contributed by atoms with E-state index in [1.807, 2.05) is 4.72 Å². The molecule has 0 aliphatic heterocycles. The quantitative estimate of drug-likeness (QED) is 0.908. The molecule has 0 saturated carbocycles. The van der Waals surface area contributed by atoms with Crippen molar-refractivity contribution >= 4 is 21.5 Å². The summed E-state index contributed by atoms with van der Waals surface area (Å²) in [6.07, 6.45) is 1.29. The van der Waals surface area contributed by atoms with Crippen LogP contribution in [0.3, 0.4) is 0 Å². The molecule has 5 nitrogen and oxygen atoms in total. The fourth-order valence-electron chi connectivity index (χ4n) is 1.49. The summed E-state index contributed by atoms with van der Waals surface area (Å²) in [7, 11) is -2.44. The lowest BCUT2D eigenvalue weighted by atomic mass is 10.3. The summed E-state index contributed by atoms with van der Waals surface area (Å²) in [5, 5.41) is 2.69. The number of hydrogen-bond donors (Lipinski definition) is 2. The Hall–Kier alpha value is -2.22. The first kappa shape index (κ1) is 14.2. The van der Waals surface area contributed by atoms with Crippen LogP contribution in [0, 0.1) is 11.6 Å². The van der Waals surface area contributed by atoms with Crippen LogP contribution in [0.1, 0.15) is 0 Å². The van der Waals surface area contributed by atoms with Gasteiger partial charge in [0.25, 0.3) is 10.0 Å². The van der Waals surface area contributed by atoms with E-state index >= 15 is 0 Å². The Bertz CT molecular complexity index is 735. The van der Waals surface area contributed by atoms with Gasteiger partial charge in [-0.15, -0.1) is 0 Å². The predicted octanol–water partition coefficient (Wildman–Crippen LogP) is 2.20. The van der Waals surface area contributed by atoms with Gasteiger partial charge in [0.1, 0.15) is 17.5 Å². The molecule has 0 fully saturated rings. The fraction of sp³-hybridized carbons (Fsp3) is 0.0833. The zero-order chi connectivity index (χ0) is 14.8. The van der Waals surface area contributed by atoms with Gasteiger partial charge in [-0.25, -0.2) is 22.2 Å². The molecular weight excluding hydrogens is 288 g/mol. The van der Waals surface area contributed by atoms with Crippen molar-refractivity contribution in [3.63, 3.8) is 0 Å². The van der Waals surface area contributed by atoms with E-state index in [-0.39, 0.29) is 4.90 Å². The third-order valence-electron chi connectivity index (χ3n) is 2.47. The van der Waals surface area contributed by atoms with E-state index in [9.17, 15) is 17.2 Å². The molecule has 20 heavy (non-hydrogen) atoms. The van der Waals surface area contributed by atoms with Crippen LogP contribution >= 0.6 is 0 Å². The molecule has 0 bridgehead atoms. The van der Waals surface area contributed by atoms with Gasteiger partial charge in [0.15, 0.2) is 0 Å². The molecule has 2 rings (SSSR count). The Balaban J connectivity index is 2.38. The molecule has 1 heterocycles. The van der Waals surface area contributed by atoms with Crippen molar-refractivity contribution in [2.24, 2.45) is 0 Å². The smallest absolute Gasteiger partial charge is 0.262 e. The molecule has 0 radical (unpaired) electrons. The van der Waals surface area contributed by atoms with Crippen LogP contribution in [0.25, 0.3) is 0 Å². The van der Waals surface area contributed by atoms with E-state index in [0.29, 0.717) is 5.82 Å². The van der Waals surface area contributed by atoms with Gasteiger partial charge < -0.3 is 5.32 Å². The highest BCUT2D eigenvalue weighted by molar-refractivity contribution is 7.92. The molecule has 0 aliphatic carbocycles. The minimum Gasteiger partial charge on any atom is -0.373 e. The summed E-state index contributed by atoms with van der Waals surface area (Å²) < 4.78 is 52.6. The van der Waals surface area contributed by atoms with Crippen LogP contribution in [0.2, 0.25) is 0 Å². The molecular formula is C12H11F2N3O2S. The van der Waals surface area contributed by atoms with Crippen molar-refractivity contribution in [3.05, 3.63) is 48.2 Å². The maximum absolute atomic E-state index is 13.4. The maximum Gasteiger partial charge on any atom is 0.262 e. The Morgan fingerprint density at radius 2 is 1.90 bits per heavy atom. The summed E-state index contributed by atoms with van der Waals surface area (Å²) in [6, 6.07) is 5.05. The van der Waals surface area contributed by atoms with E-state index in [0.717, 1.165) is 18.2 Å². The number of benzene rings is 1. The minimum absolute atomic E-state index is 0.111. The average molecular weight is 299 g/mol. The van der Waals surface area contributed by atoms with E-state index in [2.05, 4.69) is 10.3 Å². The summed E-state index contributed by atoms with van der Waals surface area (Å²) in [5.41, 5.74) is -0.451. The highest BCUT2D eigenvalue weighted by atomic mass is 32.2. The monoisotopic (exact) mass is 299 g/mol. The first-order valence-corrected chi connectivity index (χ1v) is 7.02. The van der Waals surface area contributed by atoms with Crippen molar-refractivity contribution in [1.29, 1.82) is 0 Å². The first-order valence-electron chi connectivity index (χ1n) is 5.54. The van der Waals surface area contributed by atoms with Crippen LogP contribution in [0.5, 0.6) is 0 Å². The number of rotatable bonds is 4. The van der Waals surface area contributed by atoms with E-state index in [4.69, 9.17) is 0 Å². The summed E-state index contributed by atoms with van der Waals surface area (Å²) in [4.78, 5) is 3.76. The summed E-state index contributed by atoms with van der Waals surface area (Å²) >= 11 is 0. The highest BCUT2D eigenvalue weighted by Crippen LogP contribution is 2.21. The lowest BCUT2D eigenvalue weighted by Gasteiger charge is -2.09. The molecule has 0 amide bonds. The number of anilines is 2. The number of hydrogen-bond acceptors (Lipinski definition) is 4. The topological polar surface area (TPSA) is 71.1 Å². The van der Waals surface area contributed by atoms with Crippen molar-refractivity contribution < 1.29 is 17.2 Å². The molecule has 8 heteroatoms. The number of halogens is 2. The second kappa shape index (κ2) is 5.41. The number of nitrogens with one attached hydrogen (secondary N) is 2. The van der Waals surface area contributed by atoms with Crippen molar-refractivity contribution in [2.75, 3.05) is 17.1 Å². The van der Waals surface area contributed by atoms with E-state index in [1.54, 1.807) is 7.05 Å². The lowest BCUT2D eigenvalue weighted by Crippen LogP contribution is -2.14. The average Bonchev–Trinajstić information content (AvgIpc) is 2.43. The van der Waals surface area contributed by atoms with E-state index in [1.165, 1.54) is 18.3 Å². The number of aromatic nitrogens is 1. The van der Waals surface area contributed by atoms with Gasteiger partial charge in [0.05, 0.1) is 10.6 Å². The normalized spacial score (nSPS) is 11.2. The van der Waals surface area contributed by atoms with Crippen LogP contribution in [-0.2, 0) is 10.0 Å². The largest absolute Gasteiger partial charge is 0.373 e. The molecule has 1 aromatic carbocycles. The van der Waals surface area contributed by atoms with Crippen LogP contribution in [0.15, 0.2) is 41.4 Å². The Kier molecular flexibility index (Phi) is 3.84. The second-order valence-corrected chi connectivity index (χ2v) is 5.54. The molecule has 0 spiro atoms. The standard InChI is InChI=1S/C12H11F2N3O2S/c1-15-12-7-9(4-5-16-12)20(18,19)17-11-6-8(13)2-3-10(11)14/h2-7,17H,1H3,(H,15,16). The third kappa shape index (κ3) is 3.02. The molecule has 0 atom stereocenters. The van der Waals surface area contributed by atoms with Gasteiger partial charge in [-0.05, 0) is 18.2 Å². The second-order valence-electron chi connectivity index (χ2n) is 3.86. The molecule has 0 unspecified atom stereocenters. The van der Waals surface area contributed by atoms with Crippen LogP contribution in [0.4, 0.5) is 20.3 Å².